The number of hydrogen-bond acceptors (Lipinski definition) is 6. The Morgan fingerprint density at radius 2 is 1.90 bits per heavy atom. The molecule has 29 heavy (non-hydrogen) atoms. The molecule has 0 bridgehead atoms. The van der Waals surface area contributed by atoms with Crippen molar-refractivity contribution in [2.24, 2.45) is 5.92 Å². The predicted octanol–water partition coefficient (Wildman–Crippen LogP) is 3.76. The summed E-state index contributed by atoms with van der Waals surface area (Å²) in [5, 5.41) is 0. The number of ether oxygens (including phenoxy) is 2. The van der Waals surface area contributed by atoms with Crippen molar-refractivity contribution < 1.29 is 14.3 Å². The number of aromatic nitrogens is 2. The number of para-hydroxylation sites is 2. The van der Waals surface area contributed by atoms with Gasteiger partial charge in [0, 0.05) is 24.6 Å². The van der Waals surface area contributed by atoms with Crippen LogP contribution in [0.15, 0.2) is 42.5 Å². The minimum atomic E-state index is -0.0159. The van der Waals surface area contributed by atoms with Gasteiger partial charge in [0.05, 0.1) is 22.4 Å². The van der Waals surface area contributed by atoms with Gasteiger partial charge in [0.1, 0.15) is 0 Å². The number of ketones is 1. The van der Waals surface area contributed by atoms with Gasteiger partial charge in [0.15, 0.2) is 17.3 Å². The number of Topliss-reactive ketones (excluding diaryl/α,β-unsaturated/α-hetero) is 1. The van der Waals surface area contributed by atoms with Crippen molar-refractivity contribution >= 4 is 16.8 Å². The van der Waals surface area contributed by atoms with Gasteiger partial charge in [-0.25, -0.2) is 9.97 Å². The third-order valence-corrected chi connectivity index (χ3v) is 5.75. The Balaban J connectivity index is 1.32. The maximum absolute atomic E-state index is 13.1. The zero-order valence-electron chi connectivity index (χ0n) is 16.4. The molecule has 2 aliphatic rings. The molecule has 1 aromatic heterocycles. The van der Waals surface area contributed by atoms with Crippen molar-refractivity contribution in [2.45, 2.75) is 26.3 Å². The van der Waals surface area contributed by atoms with Crippen molar-refractivity contribution in [3.8, 4) is 11.5 Å². The highest BCUT2D eigenvalue weighted by Gasteiger charge is 2.28. The highest BCUT2D eigenvalue weighted by Crippen LogP contribution is 2.34. The number of aryl methyl sites for hydroxylation is 1. The minimum Gasteiger partial charge on any atom is -0.454 e. The maximum atomic E-state index is 13.1. The lowest BCUT2D eigenvalue weighted by Gasteiger charge is -2.32. The van der Waals surface area contributed by atoms with Crippen LogP contribution >= 0.6 is 0 Å². The molecule has 0 spiro atoms. The van der Waals surface area contributed by atoms with Crippen LogP contribution in [0.25, 0.3) is 11.0 Å². The normalized spacial score (nSPS) is 18.9. The van der Waals surface area contributed by atoms with Crippen LogP contribution in [-0.4, -0.2) is 40.5 Å². The number of nitrogens with zero attached hydrogens (tertiary/aromatic N) is 3. The standard InChI is InChI=1S/C23H23N3O3/c1-15-20(25-19-7-3-2-6-18(19)24-15)13-26-10-4-5-17(12-26)23(27)16-8-9-21-22(11-16)29-14-28-21/h2-3,6-9,11,17H,4-5,10,12-14H2,1H3. The van der Waals surface area contributed by atoms with E-state index in [2.05, 4.69) is 4.90 Å². The monoisotopic (exact) mass is 389 g/mol. The number of benzene rings is 2. The summed E-state index contributed by atoms with van der Waals surface area (Å²) in [5.41, 5.74) is 4.47. The Labute approximate surface area is 169 Å². The quantitative estimate of drug-likeness (QED) is 0.633. The summed E-state index contributed by atoms with van der Waals surface area (Å²) in [6.45, 7) is 4.65. The summed E-state index contributed by atoms with van der Waals surface area (Å²) in [5.74, 6) is 1.52. The average molecular weight is 389 g/mol. The first-order valence-electron chi connectivity index (χ1n) is 10.1. The lowest BCUT2D eigenvalue weighted by atomic mass is 9.89. The molecule has 0 saturated carbocycles. The van der Waals surface area contributed by atoms with Crippen LogP contribution in [0.4, 0.5) is 0 Å². The molecule has 0 radical (unpaired) electrons. The van der Waals surface area contributed by atoms with E-state index in [1.807, 2.05) is 49.4 Å². The number of carbonyl (C=O) groups is 1. The number of fused-ring (bicyclic) bond motifs is 2. The second-order valence-electron chi connectivity index (χ2n) is 7.75. The van der Waals surface area contributed by atoms with Crippen LogP contribution < -0.4 is 9.47 Å². The van der Waals surface area contributed by atoms with Crippen molar-refractivity contribution in [1.82, 2.24) is 14.9 Å². The third kappa shape index (κ3) is 3.56. The van der Waals surface area contributed by atoms with Crippen molar-refractivity contribution in [2.75, 3.05) is 19.9 Å². The van der Waals surface area contributed by atoms with E-state index in [4.69, 9.17) is 19.4 Å². The largest absolute Gasteiger partial charge is 0.454 e. The second-order valence-corrected chi connectivity index (χ2v) is 7.75. The SMILES string of the molecule is Cc1nc2ccccc2nc1CN1CCCC(C(=O)c2ccc3c(c2)OCO3)C1. The zero-order chi connectivity index (χ0) is 19.8. The molecule has 2 aromatic carbocycles. The Hall–Kier alpha value is -2.99. The summed E-state index contributed by atoms with van der Waals surface area (Å²) in [4.78, 5) is 24.9. The number of piperidine rings is 1. The van der Waals surface area contributed by atoms with Crippen LogP contribution in [0.1, 0.15) is 34.6 Å². The summed E-state index contributed by atoms with van der Waals surface area (Å²) < 4.78 is 10.8. The van der Waals surface area contributed by atoms with E-state index in [-0.39, 0.29) is 18.5 Å². The number of carbonyl (C=O) groups excluding carboxylic acids is 1. The van der Waals surface area contributed by atoms with Gasteiger partial charge in [-0.15, -0.1) is 0 Å². The number of likely N-dealkylation sites (tertiary alicyclic amines) is 1. The molecule has 5 rings (SSSR count). The second kappa shape index (κ2) is 7.44. The lowest BCUT2D eigenvalue weighted by molar-refractivity contribution is 0.0809. The molecule has 1 unspecified atom stereocenters. The highest BCUT2D eigenvalue weighted by atomic mass is 16.7. The fourth-order valence-corrected chi connectivity index (χ4v) is 4.18. The van der Waals surface area contributed by atoms with Gasteiger partial charge in [0.2, 0.25) is 6.79 Å². The van der Waals surface area contributed by atoms with Gasteiger partial charge in [-0.2, -0.15) is 0 Å². The molecule has 6 nitrogen and oxygen atoms in total. The molecule has 3 aromatic rings. The number of hydrogen-bond donors (Lipinski definition) is 0. The molecule has 0 N–H and O–H groups in total. The summed E-state index contributed by atoms with van der Waals surface area (Å²) >= 11 is 0. The molecule has 6 heteroatoms. The molecule has 1 fully saturated rings. The summed E-state index contributed by atoms with van der Waals surface area (Å²) in [6, 6.07) is 13.4. The van der Waals surface area contributed by atoms with Crippen LogP contribution in [-0.2, 0) is 6.54 Å². The molecule has 1 saturated heterocycles. The first-order valence-corrected chi connectivity index (χ1v) is 10.1. The predicted molar refractivity (Wildman–Crippen MR) is 109 cm³/mol. The highest BCUT2D eigenvalue weighted by molar-refractivity contribution is 5.98. The first-order chi connectivity index (χ1) is 14.2. The fraction of sp³-hybridized carbons (Fsp3) is 0.348. The Morgan fingerprint density at radius 1 is 1.10 bits per heavy atom. The van der Waals surface area contributed by atoms with E-state index in [1.165, 1.54) is 0 Å². The van der Waals surface area contributed by atoms with Crippen LogP contribution in [0.3, 0.4) is 0 Å². The molecule has 148 valence electrons. The van der Waals surface area contributed by atoms with E-state index in [1.54, 1.807) is 0 Å². The van der Waals surface area contributed by atoms with E-state index in [0.717, 1.165) is 48.4 Å². The molecular weight excluding hydrogens is 366 g/mol. The molecule has 2 aliphatic heterocycles. The zero-order valence-corrected chi connectivity index (χ0v) is 16.4. The van der Waals surface area contributed by atoms with Gasteiger partial charge >= 0.3 is 0 Å². The first kappa shape index (κ1) is 18.1. The molecular formula is C23H23N3O3. The van der Waals surface area contributed by atoms with Gasteiger partial charge in [-0.1, -0.05) is 12.1 Å². The van der Waals surface area contributed by atoms with Gasteiger partial charge < -0.3 is 9.47 Å². The molecule has 0 aliphatic carbocycles. The lowest BCUT2D eigenvalue weighted by Crippen LogP contribution is -2.38. The van der Waals surface area contributed by atoms with Gasteiger partial charge in [-0.05, 0) is 56.6 Å². The Morgan fingerprint density at radius 3 is 2.76 bits per heavy atom. The van der Waals surface area contributed by atoms with Crippen LogP contribution in [0.2, 0.25) is 0 Å². The molecule has 1 atom stereocenters. The van der Waals surface area contributed by atoms with Gasteiger partial charge in [-0.3, -0.25) is 9.69 Å². The minimum absolute atomic E-state index is 0.0159. The molecule has 3 heterocycles. The maximum Gasteiger partial charge on any atom is 0.231 e. The van der Waals surface area contributed by atoms with E-state index >= 15 is 0 Å². The summed E-state index contributed by atoms with van der Waals surface area (Å²) in [6.07, 6.45) is 1.91. The smallest absolute Gasteiger partial charge is 0.231 e. The van der Waals surface area contributed by atoms with Crippen molar-refractivity contribution in [3.05, 3.63) is 59.4 Å². The average Bonchev–Trinajstić information content (AvgIpc) is 3.22. The van der Waals surface area contributed by atoms with E-state index < -0.39 is 0 Å². The Bertz CT molecular complexity index is 1080. The topological polar surface area (TPSA) is 64.6 Å². The van der Waals surface area contributed by atoms with Crippen molar-refractivity contribution in [1.29, 1.82) is 0 Å². The van der Waals surface area contributed by atoms with Crippen LogP contribution in [0.5, 0.6) is 11.5 Å². The van der Waals surface area contributed by atoms with Crippen molar-refractivity contribution in [3.63, 3.8) is 0 Å². The van der Waals surface area contributed by atoms with E-state index in [0.29, 0.717) is 23.6 Å². The third-order valence-electron chi connectivity index (χ3n) is 5.75. The summed E-state index contributed by atoms with van der Waals surface area (Å²) in [7, 11) is 0. The fourth-order valence-electron chi connectivity index (χ4n) is 4.18. The van der Waals surface area contributed by atoms with Crippen LogP contribution in [0, 0.1) is 12.8 Å². The Kier molecular flexibility index (Phi) is 4.64. The van der Waals surface area contributed by atoms with Gasteiger partial charge in [0.25, 0.3) is 0 Å². The van der Waals surface area contributed by atoms with E-state index in [9.17, 15) is 4.79 Å². The molecule has 0 amide bonds. The number of rotatable bonds is 4.